The number of anilines is 1. The van der Waals surface area contributed by atoms with E-state index >= 15 is 0 Å². The molecule has 0 aromatic heterocycles. The lowest BCUT2D eigenvalue weighted by Gasteiger charge is -2.33. The van der Waals surface area contributed by atoms with Crippen LogP contribution in [0.25, 0.3) is 0 Å². The third kappa shape index (κ3) is 7.44. The summed E-state index contributed by atoms with van der Waals surface area (Å²) in [5.41, 5.74) is 11.6. The monoisotopic (exact) mass is 461 g/mol. The first-order chi connectivity index (χ1) is 15.6. The average Bonchev–Trinajstić information content (AvgIpc) is 2.78. The lowest BCUT2D eigenvalue weighted by atomic mass is 9.84. The van der Waals surface area contributed by atoms with E-state index in [-0.39, 0.29) is 0 Å². The molecule has 1 aliphatic heterocycles. The van der Waals surface area contributed by atoms with Crippen molar-refractivity contribution >= 4 is 17.3 Å². The van der Waals surface area contributed by atoms with Gasteiger partial charge in [-0.1, -0.05) is 29.8 Å². The summed E-state index contributed by atoms with van der Waals surface area (Å²) in [4.78, 5) is 2.34. The molecule has 0 aliphatic carbocycles. The molecule has 7 heteroatoms. The van der Waals surface area contributed by atoms with E-state index in [1.165, 1.54) is 22.3 Å². The summed E-state index contributed by atoms with van der Waals surface area (Å²) in [6, 6.07) is 13.0. The molecular weight excluding hydrogens is 426 g/mol. The van der Waals surface area contributed by atoms with Crippen LogP contribution in [0, 0.1) is 6.92 Å². The minimum atomic E-state index is 0.310. The van der Waals surface area contributed by atoms with E-state index < -0.39 is 0 Å². The average molecular weight is 462 g/mol. The summed E-state index contributed by atoms with van der Waals surface area (Å²) >= 11 is 6.58. The number of ether oxygens (including phenoxy) is 3. The number of benzene rings is 2. The number of rotatable bonds is 13. The van der Waals surface area contributed by atoms with Crippen LogP contribution < -0.4 is 11.1 Å². The second-order valence-corrected chi connectivity index (χ2v) is 8.65. The van der Waals surface area contributed by atoms with E-state index in [1.54, 1.807) is 0 Å². The zero-order valence-electron chi connectivity index (χ0n) is 19.2. The highest BCUT2D eigenvalue weighted by Crippen LogP contribution is 2.37. The largest absolute Gasteiger partial charge is 0.383 e. The van der Waals surface area contributed by atoms with Crippen molar-refractivity contribution in [3.05, 3.63) is 63.7 Å². The van der Waals surface area contributed by atoms with Crippen LogP contribution in [0.4, 0.5) is 5.69 Å². The van der Waals surface area contributed by atoms with Crippen molar-refractivity contribution < 1.29 is 14.2 Å². The maximum absolute atomic E-state index is 6.58. The smallest absolute Gasteiger partial charge is 0.0701 e. The summed E-state index contributed by atoms with van der Waals surface area (Å²) < 4.78 is 16.4. The van der Waals surface area contributed by atoms with Gasteiger partial charge in [0.05, 0.1) is 39.6 Å². The van der Waals surface area contributed by atoms with Crippen molar-refractivity contribution in [2.75, 3.05) is 71.6 Å². The molecule has 0 saturated heterocycles. The number of hydrogen-bond donors (Lipinski definition) is 2. The highest BCUT2D eigenvalue weighted by Gasteiger charge is 2.26. The third-order valence-corrected chi connectivity index (χ3v) is 5.88. The normalized spacial score (nSPS) is 16.2. The highest BCUT2D eigenvalue weighted by atomic mass is 35.5. The zero-order valence-corrected chi connectivity index (χ0v) is 20.0. The minimum Gasteiger partial charge on any atom is -0.383 e. The first-order valence-electron chi connectivity index (χ1n) is 11.3. The van der Waals surface area contributed by atoms with Gasteiger partial charge in [0.2, 0.25) is 0 Å². The Morgan fingerprint density at radius 1 is 1.03 bits per heavy atom. The van der Waals surface area contributed by atoms with E-state index in [1.807, 2.05) is 0 Å². The van der Waals surface area contributed by atoms with Crippen LogP contribution in [0.1, 0.15) is 28.2 Å². The van der Waals surface area contributed by atoms with Gasteiger partial charge < -0.3 is 30.2 Å². The van der Waals surface area contributed by atoms with Gasteiger partial charge in [-0.25, -0.2) is 0 Å². The van der Waals surface area contributed by atoms with E-state index in [0.717, 1.165) is 30.3 Å². The SMILES string of the molecule is Cc1cc(Cl)c2c(c1)C(c1cccc(NCCOCCOCCOCCN)c1)CN(C)C2. The van der Waals surface area contributed by atoms with Crippen LogP contribution in [0.15, 0.2) is 36.4 Å². The molecule has 3 rings (SSSR count). The van der Waals surface area contributed by atoms with Gasteiger partial charge in [-0.2, -0.15) is 0 Å². The summed E-state index contributed by atoms with van der Waals surface area (Å²) in [5.74, 6) is 0.310. The fourth-order valence-electron chi connectivity index (χ4n) is 4.06. The minimum absolute atomic E-state index is 0.310. The quantitative estimate of drug-likeness (QED) is 0.444. The number of halogens is 1. The van der Waals surface area contributed by atoms with E-state index in [4.69, 9.17) is 31.5 Å². The van der Waals surface area contributed by atoms with Crippen LogP contribution in [0.5, 0.6) is 0 Å². The predicted molar refractivity (Wildman–Crippen MR) is 131 cm³/mol. The van der Waals surface area contributed by atoms with Crippen LogP contribution in [-0.4, -0.2) is 71.2 Å². The summed E-state index contributed by atoms with van der Waals surface area (Å²) in [5, 5.41) is 4.34. The molecule has 6 nitrogen and oxygen atoms in total. The van der Waals surface area contributed by atoms with Gasteiger partial charge in [0.1, 0.15) is 0 Å². The van der Waals surface area contributed by atoms with Gasteiger partial charge in [-0.05, 0) is 54.4 Å². The number of aryl methyl sites for hydroxylation is 1. The molecule has 1 heterocycles. The van der Waals surface area contributed by atoms with Gasteiger partial charge in [0.25, 0.3) is 0 Å². The van der Waals surface area contributed by atoms with Gasteiger partial charge in [-0.3, -0.25) is 0 Å². The number of likely N-dealkylation sites (N-methyl/N-ethyl adjacent to an activating group) is 1. The number of hydrogen-bond acceptors (Lipinski definition) is 6. The van der Waals surface area contributed by atoms with Crippen LogP contribution in [0.3, 0.4) is 0 Å². The summed E-state index contributed by atoms with van der Waals surface area (Å²) in [6.45, 7) is 8.75. The second kappa shape index (κ2) is 13.1. The van der Waals surface area contributed by atoms with Crippen molar-refractivity contribution in [3.8, 4) is 0 Å². The Morgan fingerprint density at radius 3 is 2.50 bits per heavy atom. The Bertz CT molecular complexity index is 849. The van der Waals surface area contributed by atoms with Gasteiger partial charge in [0.15, 0.2) is 0 Å². The molecule has 0 fully saturated rings. The molecule has 0 amide bonds. The maximum Gasteiger partial charge on any atom is 0.0701 e. The Morgan fingerprint density at radius 2 is 1.75 bits per heavy atom. The number of nitrogens with zero attached hydrogens (tertiary/aromatic N) is 1. The molecule has 2 aromatic carbocycles. The summed E-state index contributed by atoms with van der Waals surface area (Å²) in [7, 11) is 2.16. The third-order valence-electron chi connectivity index (χ3n) is 5.54. The molecule has 0 saturated carbocycles. The van der Waals surface area contributed by atoms with E-state index in [9.17, 15) is 0 Å². The van der Waals surface area contributed by atoms with Crippen molar-refractivity contribution in [2.24, 2.45) is 5.73 Å². The Labute approximate surface area is 197 Å². The molecule has 0 bridgehead atoms. The molecule has 176 valence electrons. The lowest BCUT2D eigenvalue weighted by Crippen LogP contribution is -2.31. The molecular formula is C25H36ClN3O3. The standard InChI is InChI=1S/C25H36ClN3O3/c1-19-14-22-23(17-29(2)18-24(22)25(26)15-19)20-4-3-5-21(16-20)28-7-9-31-11-13-32-12-10-30-8-6-27/h3-5,14-16,23,28H,6-13,17-18,27H2,1-2H3. The first-order valence-corrected chi connectivity index (χ1v) is 11.7. The first kappa shape index (κ1) is 25.0. The second-order valence-electron chi connectivity index (χ2n) is 8.24. The van der Waals surface area contributed by atoms with Crippen molar-refractivity contribution in [3.63, 3.8) is 0 Å². The number of fused-ring (bicyclic) bond motifs is 1. The van der Waals surface area contributed by atoms with Crippen LogP contribution >= 0.6 is 11.6 Å². The lowest BCUT2D eigenvalue weighted by molar-refractivity contribution is 0.0179. The number of nitrogens with one attached hydrogen (secondary N) is 1. The fraction of sp³-hybridized carbons (Fsp3) is 0.520. The molecule has 1 aliphatic rings. The van der Waals surface area contributed by atoms with E-state index in [0.29, 0.717) is 52.1 Å². The Hall–Kier alpha value is -1.67. The molecule has 3 N–H and O–H groups in total. The van der Waals surface area contributed by atoms with Crippen LogP contribution in [0.2, 0.25) is 5.02 Å². The zero-order chi connectivity index (χ0) is 22.8. The van der Waals surface area contributed by atoms with Gasteiger partial charge >= 0.3 is 0 Å². The Kier molecular flexibility index (Phi) is 10.2. The molecule has 0 spiro atoms. The summed E-state index contributed by atoms with van der Waals surface area (Å²) in [6.07, 6.45) is 0. The molecule has 1 atom stereocenters. The van der Waals surface area contributed by atoms with E-state index in [2.05, 4.69) is 60.6 Å². The highest BCUT2D eigenvalue weighted by molar-refractivity contribution is 6.31. The topological polar surface area (TPSA) is 69.0 Å². The van der Waals surface area contributed by atoms with Gasteiger partial charge in [-0.15, -0.1) is 0 Å². The Balaban J connectivity index is 1.46. The molecule has 1 unspecified atom stereocenters. The molecule has 32 heavy (non-hydrogen) atoms. The number of nitrogens with two attached hydrogens (primary N) is 1. The molecule has 0 radical (unpaired) electrons. The maximum atomic E-state index is 6.58. The fourth-order valence-corrected chi connectivity index (χ4v) is 4.41. The van der Waals surface area contributed by atoms with Gasteiger partial charge in [0, 0.05) is 42.8 Å². The molecule has 2 aromatic rings. The van der Waals surface area contributed by atoms with Crippen LogP contribution in [-0.2, 0) is 20.8 Å². The van der Waals surface area contributed by atoms with Crippen molar-refractivity contribution in [1.29, 1.82) is 0 Å². The van der Waals surface area contributed by atoms with Crippen molar-refractivity contribution in [2.45, 2.75) is 19.4 Å². The predicted octanol–water partition coefficient (Wildman–Crippen LogP) is 3.65. The van der Waals surface area contributed by atoms with Crippen molar-refractivity contribution in [1.82, 2.24) is 4.90 Å².